The molecule has 1 unspecified atom stereocenters. The van der Waals surface area contributed by atoms with E-state index in [4.69, 9.17) is 16.3 Å². The van der Waals surface area contributed by atoms with Gasteiger partial charge < -0.3 is 15.4 Å². The zero-order chi connectivity index (χ0) is 19.6. The third-order valence-electron chi connectivity index (χ3n) is 4.00. The van der Waals surface area contributed by atoms with Gasteiger partial charge >= 0.3 is 0 Å². The van der Waals surface area contributed by atoms with Gasteiger partial charge in [0, 0.05) is 24.5 Å². The van der Waals surface area contributed by atoms with Crippen molar-refractivity contribution in [3.05, 3.63) is 64.7 Å². The van der Waals surface area contributed by atoms with Gasteiger partial charge in [-0.25, -0.2) is 0 Å². The first-order chi connectivity index (χ1) is 12.9. The Hall–Kier alpha value is -2.53. The monoisotopic (exact) mass is 388 g/mol. The summed E-state index contributed by atoms with van der Waals surface area (Å²) < 4.78 is 5.55. The highest BCUT2D eigenvalue weighted by Gasteiger charge is 2.14. The van der Waals surface area contributed by atoms with Crippen LogP contribution in [0.4, 0.5) is 0 Å². The first-order valence-electron chi connectivity index (χ1n) is 8.96. The van der Waals surface area contributed by atoms with Crippen LogP contribution in [0.15, 0.2) is 48.5 Å². The van der Waals surface area contributed by atoms with Gasteiger partial charge in [-0.15, -0.1) is 0 Å². The molecule has 2 aromatic carbocycles. The summed E-state index contributed by atoms with van der Waals surface area (Å²) >= 11 is 5.81. The Bertz CT molecular complexity index is 745. The molecule has 2 amide bonds. The molecule has 27 heavy (non-hydrogen) atoms. The quantitative estimate of drug-likeness (QED) is 0.648. The second-order valence-corrected chi connectivity index (χ2v) is 6.78. The lowest BCUT2D eigenvalue weighted by Crippen LogP contribution is -2.40. The molecule has 0 aromatic heterocycles. The van der Waals surface area contributed by atoms with E-state index in [1.807, 2.05) is 31.2 Å². The molecule has 1 atom stereocenters. The number of hydrogen-bond donors (Lipinski definition) is 2. The highest BCUT2D eigenvalue weighted by Crippen LogP contribution is 2.16. The molecule has 0 bridgehead atoms. The van der Waals surface area contributed by atoms with Gasteiger partial charge in [-0.3, -0.25) is 9.59 Å². The summed E-state index contributed by atoms with van der Waals surface area (Å²) in [4.78, 5) is 23.9. The molecule has 0 spiro atoms. The lowest BCUT2D eigenvalue weighted by Gasteiger charge is -2.15. The van der Waals surface area contributed by atoms with Gasteiger partial charge in [-0.2, -0.15) is 0 Å². The maximum Gasteiger partial charge on any atom is 0.260 e. The van der Waals surface area contributed by atoms with E-state index in [0.717, 1.165) is 5.56 Å². The first-order valence-corrected chi connectivity index (χ1v) is 9.34. The van der Waals surface area contributed by atoms with Crippen LogP contribution in [0.25, 0.3) is 0 Å². The van der Waals surface area contributed by atoms with Crippen LogP contribution in [0.2, 0.25) is 5.02 Å². The molecule has 0 saturated carbocycles. The normalized spacial score (nSPS) is 11.5. The van der Waals surface area contributed by atoms with Crippen LogP contribution in [-0.2, 0) is 16.0 Å². The fourth-order valence-electron chi connectivity index (χ4n) is 2.40. The fourth-order valence-corrected chi connectivity index (χ4v) is 2.53. The molecule has 0 radical (unpaired) electrons. The van der Waals surface area contributed by atoms with Crippen LogP contribution >= 0.6 is 11.6 Å². The second kappa shape index (κ2) is 10.6. The number of rotatable bonds is 9. The summed E-state index contributed by atoms with van der Waals surface area (Å²) in [7, 11) is 0. The van der Waals surface area contributed by atoms with Gasteiger partial charge in [0.1, 0.15) is 5.75 Å². The summed E-state index contributed by atoms with van der Waals surface area (Å²) in [5.41, 5.74) is 2.34. The van der Waals surface area contributed by atoms with Crippen molar-refractivity contribution in [2.24, 2.45) is 0 Å². The van der Waals surface area contributed by atoms with Crippen LogP contribution < -0.4 is 15.4 Å². The van der Waals surface area contributed by atoms with Crippen molar-refractivity contribution in [3.8, 4) is 5.75 Å². The van der Waals surface area contributed by atoms with Crippen LogP contribution in [0.1, 0.15) is 24.5 Å². The third kappa shape index (κ3) is 7.71. The van der Waals surface area contributed by atoms with E-state index in [2.05, 4.69) is 10.6 Å². The van der Waals surface area contributed by atoms with Gasteiger partial charge in [-0.1, -0.05) is 41.4 Å². The van der Waals surface area contributed by atoms with Crippen LogP contribution in [0.5, 0.6) is 5.75 Å². The van der Waals surface area contributed by atoms with Crippen molar-refractivity contribution in [1.82, 2.24) is 10.6 Å². The summed E-state index contributed by atoms with van der Waals surface area (Å²) in [5, 5.41) is 6.16. The van der Waals surface area contributed by atoms with Crippen molar-refractivity contribution >= 4 is 23.4 Å². The van der Waals surface area contributed by atoms with E-state index in [1.54, 1.807) is 31.2 Å². The minimum Gasteiger partial charge on any atom is -0.481 e. The van der Waals surface area contributed by atoms with Crippen molar-refractivity contribution in [1.29, 1.82) is 0 Å². The van der Waals surface area contributed by atoms with Crippen molar-refractivity contribution in [2.75, 3.05) is 13.1 Å². The molecule has 6 heteroatoms. The molecule has 0 aliphatic heterocycles. The van der Waals surface area contributed by atoms with Crippen molar-refractivity contribution in [3.63, 3.8) is 0 Å². The number of hydrogen-bond acceptors (Lipinski definition) is 3. The molecule has 144 valence electrons. The van der Waals surface area contributed by atoms with Gasteiger partial charge in [0.25, 0.3) is 5.91 Å². The molecule has 0 aliphatic carbocycles. The predicted molar refractivity (Wildman–Crippen MR) is 107 cm³/mol. The summed E-state index contributed by atoms with van der Waals surface area (Å²) in [5.74, 6) is 0.306. The molecular weight excluding hydrogens is 364 g/mol. The van der Waals surface area contributed by atoms with Crippen LogP contribution in [0.3, 0.4) is 0 Å². The Morgan fingerprint density at radius 2 is 1.63 bits per heavy atom. The minimum absolute atomic E-state index is 0.0321. The zero-order valence-corrected chi connectivity index (χ0v) is 16.4. The average molecular weight is 389 g/mol. The van der Waals surface area contributed by atoms with E-state index < -0.39 is 6.10 Å². The standard InChI is InChI=1S/C21H25ClN2O3/c1-15-3-5-17(6-4-15)7-12-20(25)23-13-14-24-21(26)16(2)27-19-10-8-18(22)9-11-19/h3-6,8-11,16H,7,12-14H2,1-2H3,(H,23,25)(H,24,26). The highest BCUT2D eigenvalue weighted by atomic mass is 35.5. The van der Waals surface area contributed by atoms with Gasteiger partial charge in [0.05, 0.1) is 0 Å². The number of aryl methyl sites for hydroxylation is 2. The number of carbonyl (C=O) groups excluding carboxylic acids is 2. The van der Waals surface area contributed by atoms with E-state index >= 15 is 0 Å². The smallest absolute Gasteiger partial charge is 0.260 e. The molecule has 0 aliphatic rings. The van der Waals surface area contributed by atoms with Crippen LogP contribution in [-0.4, -0.2) is 31.0 Å². The maximum atomic E-state index is 12.0. The second-order valence-electron chi connectivity index (χ2n) is 6.34. The zero-order valence-electron chi connectivity index (χ0n) is 15.6. The topological polar surface area (TPSA) is 67.4 Å². The lowest BCUT2D eigenvalue weighted by atomic mass is 10.1. The number of halogens is 1. The minimum atomic E-state index is -0.636. The van der Waals surface area contributed by atoms with E-state index in [-0.39, 0.29) is 11.8 Å². The lowest BCUT2D eigenvalue weighted by molar-refractivity contribution is -0.127. The van der Waals surface area contributed by atoms with E-state index in [9.17, 15) is 9.59 Å². The SMILES string of the molecule is Cc1ccc(CCC(=O)NCCNC(=O)C(C)Oc2ccc(Cl)cc2)cc1. The van der Waals surface area contributed by atoms with E-state index in [0.29, 0.717) is 36.7 Å². The largest absolute Gasteiger partial charge is 0.481 e. The van der Waals surface area contributed by atoms with Crippen molar-refractivity contribution < 1.29 is 14.3 Å². The molecule has 2 N–H and O–H groups in total. The van der Waals surface area contributed by atoms with E-state index in [1.165, 1.54) is 5.56 Å². The molecule has 0 fully saturated rings. The summed E-state index contributed by atoms with van der Waals surface area (Å²) in [6.45, 7) is 4.44. The Kier molecular flexibility index (Phi) is 8.14. The molecule has 0 saturated heterocycles. The molecule has 2 rings (SSSR count). The summed E-state index contributed by atoms with van der Waals surface area (Å²) in [6.07, 6.45) is 0.487. The van der Waals surface area contributed by atoms with Crippen molar-refractivity contribution in [2.45, 2.75) is 32.8 Å². The molecular formula is C21H25ClN2O3. The van der Waals surface area contributed by atoms with Crippen LogP contribution in [0, 0.1) is 6.92 Å². The fraction of sp³-hybridized carbons (Fsp3) is 0.333. The van der Waals surface area contributed by atoms with Gasteiger partial charge in [0.2, 0.25) is 5.91 Å². The first kappa shape index (κ1) is 20.8. The molecule has 0 heterocycles. The Labute approximate surface area is 165 Å². The van der Waals surface area contributed by atoms with Gasteiger partial charge in [-0.05, 0) is 50.1 Å². The average Bonchev–Trinajstić information content (AvgIpc) is 2.66. The Morgan fingerprint density at radius 3 is 2.30 bits per heavy atom. The number of benzene rings is 2. The maximum absolute atomic E-state index is 12.0. The third-order valence-corrected chi connectivity index (χ3v) is 4.26. The molecule has 5 nitrogen and oxygen atoms in total. The number of nitrogens with one attached hydrogen (secondary N) is 2. The molecule has 2 aromatic rings. The number of amides is 2. The highest BCUT2D eigenvalue weighted by molar-refractivity contribution is 6.30. The van der Waals surface area contributed by atoms with Gasteiger partial charge in [0.15, 0.2) is 6.10 Å². The summed E-state index contributed by atoms with van der Waals surface area (Å²) in [6, 6.07) is 15.0. The Morgan fingerprint density at radius 1 is 1.00 bits per heavy atom. The number of ether oxygens (including phenoxy) is 1. The number of carbonyl (C=O) groups is 2. The Balaban J connectivity index is 1.60. The predicted octanol–water partition coefficient (Wildman–Crippen LogP) is 3.28.